The van der Waals surface area contributed by atoms with E-state index in [1.807, 2.05) is 29.7 Å². The second kappa shape index (κ2) is 11.8. The number of imidazole rings is 1. The van der Waals surface area contributed by atoms with Crippen LogP contribution in [0.3, 0.4) is 0 Å². The molecule has 12 heteroatoms. The second-order valence-electron chi connectivity index (χ2n) is 8.39. The molecule has 198 valence electrons. The Kier molecular flexibility index (Phi) is 8.02. The van der Waals surface area contributed by atoms with Gasteiger partial charge in [0, 0.05) is 47.6 Å². The van der Waals surface area contributed by atoms with Gasteiger partial charge >= 0.3 is 0 Å². The van der Waals surface area contributed by atoms with Gasteiger partial charge in [0.25, 0.3) is 0 Å². The molecule has 0 bridgehead atoms. The van der Waals surface area contributed by atoms with Crippen molar-refractivity contribution in [1.29, 1.82) is 5.26 Å². The fourth-order valence-electron chi connectivity index (χ4n) is 4.14. The number of benzene rings is 1. The van der Waals surface area contributed by atoms with E-state index in [0.717, 1.165) is 28.3 Å². The number of hydrogen-bond donors (Lipinski definition) is 2. The molecule has 0 aliphatic carbocycles. The van der Waals surface area contributed by atoms with E-state index < -0.39 is 0 Å². The Morgan fingerprint density at radius 1 is 1.08 bits per heavy atom. The van der Waals surface area contributed by atoms with Crippen LogP contribution in [0.25, 0.3) is 28.0 Å². The molecule has 0 atom stereocenters. The van der Waals surface area contributed by atoms with Crippen molar-refractivity contribution in [2.75, 3.05) is 28.5 Å². The third-order valence-corrected chi connectivity index (χ3v) is 7.67. The number of aliphatic hydroxyl groups is 1. The molecule has 0 saturated heterocycles. The Morgan fingerprint density at radius 2 is 1.82 bits per heavy atom. The highest BCUT2D eigenvalue weighted by Gasteiger charge is 2.23. The van der Waals surface area contributed by atoms with E-state index in [9.17, 15) is 9.65 Å². The number of aromatic nitrogens is 5. The van der Waals surface area contributed by atoms with Crippen molar-refractivity contribution in [3.8, 4) is 28.5 Å². The third kappa shape index (κ3) is 5.42. The molecule has 5 rings (SSSR count). The van der Waals surface area contributed by atoms with Gasteiger partial charge in [-0.3, -0.25) is 9.12 Å². The van der Waals surface area contributed by atoms with Crippen LogP contribution in [-0.4, -0.2) is 48.3 Å². The number of nitrogens with zero attached hydrogens (tertiary/aromatic N) is 7. The standard InChI is InChI=1S/C27H25FN8OS2/c1-3-21-25(35(4-2)27-33-24(22(13-29)39-27)17-5-8-20(28)9-6-17)36-16-18(7-10-23(36)32-21)19-14-30-26(31-15-19)34-38-12-11-37/h5-10,14-16,37H,3-4,11-12H2,1-2H3,(H,30,31,34). The van der Waals surface area contributed by atoms with Crippen molar-refractivity contribution in [1.82, 2.24) is 24.3 Å². The Hall–Kier alpha value is -4.05. The zero-order valence-electron chi connectivity index (χ0n) is 21.3. The van der Waals surface area contributed by atoms with Gasteiger partial charge in [-0.15, -0.1) is 0 Å². The lowest BCUT2D eigenvalue weighted by Crippen LogP contribution is -2.19. The van der Waals surface area contributed by atoms with Crippen molar-refractivity contribution in [2.24, 2.45) is 0 Å². The van der Waals surface area contributed by atoms with Gasteiger partial charge in [0.2, 0.25) is 5.95 Å². The zero-order valence-corrected chi connectivity index (χ0v) is 22.9. The van der Waals surface area contributed by atoms with Gasteiger partial charge in [0.1, 0.15) is 33.9 Å². The number of nitrogens with one attached hydrogen (secondary N) is 1. The molecule has 39 heavy (non-hydrogen) atoms. The summed E-state index contributed by atoms with van der Waals surface area (Å²) in [4.78, 5) is 21.0. The van der Waals surface area contributed by atoms with Crippen LogP contribution in [0.1, 0.15) is 24.4 Å². The SMILES string of the molecule is CCc1nc2ccc(-c3cnc(NSCCO)nc3)cn2c1N(CC)c1nc(-c2ccc(F)cc2)c(C#N)s1. The highest BCUT2D eigenvalue weighted by molar-refractivity contribution is 8.00. The predicted octanol–water partition coefficient (Wildman–Crippen LogP) is 5.70. The van der Waals surface area contributed by atoms with Crippen LogP contribution >= 0.6 is 23.3 Å². The maximum Gasteiger partial charge on any atom is 0.232 e. The molecular weight excluding hydrogens is 535 g/mol. The van der Waals surface area contributed by atoms with Gasteiger partial charge in [0.15, 0.2) is 5.13 Å². The van der Waals surface area contributed by atoms with Gasteiger partial charge in [-0.05, 0) is 61.7 Å². The highest BCUT2D eigenvalue weighted by Crippen LogP contribution is 2.38. The molecule has 9 nitrogen and oxygen atoms in total. The maximum atomic E-state index is 13.5. The highest BCUT2D eigenvalue weighted by atomic mass is 32.2. The van der Waals surface area contributed by atoms with Crippen molar-refractivity contribution in [3.63, 3.8) is 0 Å². The molecule has 0 fully saturated rings. The molecule has 1 aromatic carbocycles. The summed E-state index contributed by atoms with van der Waals surface area (Å²) in [6, 6.07) is 12.2. The molecular formula is C27H25FN8OS2. The van der Waals surface area contributed by atoms with Gasteiger partial charge in [-0.25, -0.2) is 24.3 Å². The molecule has 4 heterocycles. The average molecular weight is 561 g/mol. The number of aliphatic hydroxyl groups excluding tert-OH is 1. The van der Waals surface area contributed by atoms with Crippen LogP contribution < -0.4 is 9.62 Å². The summed E-state index contributed by atoms with van der Waals surface area (Å²) in [6.45, 7) is 4.76. The normalized spacial score (nSPS) is 11.1. The van der Waals surface area contributed by atoms with E-state index in [4.69, 9.17) is 15.1 Å². The summed E-state index contributed by atoms with van der Waals surface area (Å²) in [6.07, 6.45) is 6.21. The summed E-state index contributed by atoms with van der Waals surface area (Å²) >= 11 is 2.64. The van der Waals surface area contributed by atoms with Crippen molar-refractivity contribution >= 4 is 45.8 Å². The number of aryl methyl sites for hydroxylation is 1. The summed E-state index contributed by atoms with van der Waals surface area (Å²) in [5.74, 6) is 1.55. The van der Waals surface area contributed by atoms with Crippen LogP contribution in [0, 0.1) is 17.1 Å². The number of pyridine rings is 1. The number of nitriles is 1. The van der Waals surface area contributed by atoms with Crippen LogP contribution in [0.5, 0.6) is 0 Å². The maximum absolute atomic E-state index is 13.5. The molecule has 2 N–H and O–H groups in total. The van der Waals surface area contributed by atoms with E-state index in [-0.39, 0.29) is 12.4 Å². The number of rotatable bonds is 10. The van der Waals surface area contributed by atoms with Gasteiger partial charge in [-0.2, -0.15) is 5.26 Å². The molecule has 0 spiro atoms. The number of anilines is 3. The smallest absolute Gasteiger partial charge is 0.232 e. The first-order valence-corrected chi connectivity index (χ1v) is 14.1. The molecule has 0 radical (unpaired) electrons. The molecule has 0 aliphatic rings. The van der Waals surface area contributed by atoms with E-state index in [1.165, 1.54) is 35.4 Å². The Bertz CT molecular complexity index is 1630. The quantitative estimate of drug-likeness (QED) is 0.164. The Balaban J connectivity index is 1.55. The molecule has 0 unspecified atom stereocenters. The van der Waals surface area contributed by atoms with Crippen molar-refractivity contribution in [2.45, 2.75) is 20.3 Å². The van der Waals surface area contributed by atoms with Gasteiger partial charge < -0.3 is 10.0 Å². The van der Waals surface area contributed by atoms with Crippen LogP contribution in [0.4, 0.5) is 21.3 Å². The molecule has 0 amide bonds. The first kappa shape index (κ1) is 26.6. The lowest BCUT2D eigenvalue weighted by Gasteiger charge is -2.21. The van der Waals surface area contributed by atoms with E-state index in [1.54, 1.807) is 24.5 Å². The average Bonchev–Trinajstić information content (AvgIpc) is 3.56. The minimum absolute atomic E-state index is 0.0733. The first-order valence-electron chi connectivity index (χ1n) is 12.3. The summed E-state index contributed by atoms with van der Waals surface area (Å²) in [5, 5.41) is 19.4. The van der Waals surface area contributed by atoms with Crippen LogP contribution in [0.15, 0.2) is 55.0 Å². The number of hydrogen-bond acceptors (Lipinski definition) is 10. The zero-order chi connectivity index (χ0) is 27.4. The van der Waals surface area contributed by atoms with E-state index >= 15 is 0 Å². The minimum Gasteiger partial charge on any atom is -0.395 e. The Labute approximate surface area is 233 Å². The van der Waals surface area contributed by atoms with Gasteiger partial charge in [0.05, 0.1) is 12.3 Å². The van der Waals surface area contributed by atoms with Gasteiger partial charge in [-0.1, -0.05) is 18.3 Å². The molecule has 5 aromatic rings. The summed E-state index contributed by atoms with van der Waals surface area (Å²) < 4.78 is 18.5. The van der Waals surface area contributed by atoms with Crippen LogP contribution in [0.2, 0.25) is 0 Å². The first-order chi connectivity index (χ1) is 19.1. The largest absolute Gasteiger partial charge is 0.395 e. The minimum atomic E-state index is -0.339. The molecule has 0 aliphatic heterocycles. The Morgan fingerprint density at radius 3 is 2.49 bits per heavy atom. The fourth-order valence-corrected chi connectivity index (χ4v) is 5.52. The number of halogens is 1. The number of thiazole rings is 1. The molecule has 4 aromatic heterocycles. The van der Waals surface area contributed by atoms with E-state index in [2.05, 4.69) is 32.6 Å². The number of fused-ring (bicyclic) bond motifs is 1. The fraction of sp³-hybridized carbons (Fsp3) is 0.222. The summed E-state index contributed by atoms with van der Waals surface area (Å²) in [5.41, 5.74) is 4.68. The molecule has 0 saturated carbocycles. The second-order valence-corrected chi connectivity index (χ2v) is 10.3. The lowest BCUT2D eigenvalue weighted by atomic mass is 10.1. The van der Waals surface area contributed by atoms with E-state index in [0.29, 0.717) is 45.9 Å². The third-order valence-electron chi connectivity index (χ3n) is 5.98. The predicted molar refractivity (Wildman–Crippen MR) is 154 cm³/mol. The summed E-state index contributed by atoms with van der Waals surface area (Å²) in [7, 11) is 0. The monoisotopic (exact) mass is 560 g/mol. The van der Waals surface area contributed by atoms with Crippen molar-refractivity contribution in [3.05, 3.63) is 71.4 Å². The lowest BCUT2D eigenvalue weighted by molar-refractivity contribution is 0.322. The van der Waals surface area contributed by atoms with Crippen molar-refractivity contribution < 1.29 is 9.50 Å². The van der Waals surface area contributed by atoms with Crippen LogP contribution in [-0.2, 0) is 6.42 Å². The topological polar surface area (TPSA) is 115 Å².